The first-order valence-corrected chi connectivity index (χ1v) is 10.9. The average molecular weight is 482 g/mol. The minimum absolute atomic E-state index is 0.153. The summed E-state index contributed by atoms with van der Waals surface area (Å²) in [4.78, 5) is 60.5. The predicted molar refractivity (Wildman–Crippen MR) is 124 cm³/mol. The molecule has 182 valence electrons. The number of primary amides is 1. The van der Waals surface area contributed by atoms with Crippen molar-refractivity contribution in [2.45, 2.75) is 50.9 Å². The van der Waals surface area contributed by atoms with Gasteiger partial charge in [0.15, 0.2) is 0 Å². The Kier molecular flexibility index (Phi) is 11.4. The molecule has 0 saturated heterocycles. The lowest BCUT2D eigenvalue weighted by Gasteiger charge is -2.26. The topological polar surface area (TPSA) is 194 Å². The van der Waals surface area contributed by atoms with E-state index in [0.717, 1.165) is 5.56 Å². The van der Waals surface area contributed by atoms with E-state index in [9.17, 15) is 24.0 Å². The van der Waals surface area contributed by atoms with E-state index in [4.69, 9.17) is 16.6 Å². The molecule has 33 heavy (non-hydrogen) atoms. The maximum absolute atomic E-state index is 12.8. The van der Waals surface area contributed by atoms with Crippen LogP contribution in [-0.2, 0) is 30.4 Å². The van der Waals surface area contributed by atoms with Crippen LogP contribution in [0.5, 0.6) is 0 Å². The normalized spacial score (nSPS) is 14.5. The van der Waals surface area contributed by atoms with Crippen LogP contribution in [-0.4, -0.2) is 64.6 Å². The summed E-state index contributed by atoms with van der Waals surface area (Å²) in [5.74, 6) is -4.97. The number of thiol groups is 1. The zero-order valence-electron chi connectivity index (χ0n) is 18.5. The first-order chi connectivity index (χ1) is 15.5. The number of hydrogen-bond donors (Lipinski definition) is 7. The molecule has 0 aliphatic heterocycles. The molecule has 0 aliphatic rings. The largest absolute Gasteiger partial charge is 0.480 e. The summed E-state index contributed by atoms with van der Waals surface area (Å²) < 4.78 is 0. The molecule has 1 aromatic rings. The molecule has 0 saturated carbocycles. The van der Waals surface area contributed by atoms with E-state index in [0.29, 0.717) is 0 Å². The number of nitrogens with one attached hydrogen (secondary N) is 3. The van der Waals surface area contributed by atoms with Crippen molar-refractivity contribution in [1.29, 1.82) is 0 Å². The summed E-state index contributed by atoms with van der Waals surface area (Å²) in [6.07, 6.45) is -0.314. The highest BCUT2D eigenvalue weighted by molar-refractivity contribution is 7.80. The minimum atomic E-state index is -1.37. The Morgan fingerprint density at radius 3 is 2.00 bits per heavy atom. The third kappa shape index (κ3) is 9.49. The van der Waals surface area contributed by atoms with Gasteiger partial charge in [-0.1, -0.05) is 44.2 Å². The Bertz CT molecular complexity index is 851. The van der Waals surface area contributed by atoms with E-state index in [1.54, 1.807) is 38.1 Å². The van der Waals surface area contributed by atoms with Crippen molar-refractivity contribution in [3.63, 3.8) is 0 Å². The standard InChI is InChI=1S/C21H31N5O6S/c1-11(2)17(20(30)25-15(10-33)21(31)32)26-19(29)14(9-16(23)27)24-18(28)13(22)8-12-6-4-3-5-7-12/h3-7,11,13-15,17,33H,8-10,22H2,1-2H3,(H2,23,27)(H,24,28)(H,25,30)(H,26,29)(H,31,32). The molecule has 4 atom stereocenters. The molecule has 0 heterocycles. The lowest BCUT2D eigenvalue weighted by Crippen LogP contribution is -2.59. The predicted octanol–water partition coefficient (Wildman–Crippen LogP) is -1.44. The van der Waals surface area contributed by atoms with E-state index in [2.05, 4.69) is 28.6 Å². The molecule has 11 nitrogen and oxygen atoms in total. The van der Waals surface area contributed by atoms with Gasteiger partial charge in [-0.05, 0) is 17.9 Å². The highest BCUT2D eigenvalue weighted by atomic mass is 32.1. The van der Waals surface area contributed by atoms with Crippen molar-refractivity contribution < 1.29 is 29.1 Å². The van der Waals surface area contributed by atoms with Gasteiger partial charge in [0, 0.05) is 5.75 Å². The summed E-state index contributed by atoms with van der Waals surface area (Å²) in [6, 6.07) is 4.24. The van der Waals surface area contributed by atoms with Crippen LogP contribution >= 0.6 is 12.6 Å². The molecule has 0 bridgehead atoms. The molecular weight excluding hydrogens is 450 g/mol. The summed E-state index contributed by atoms with van der Waals surface area (Å²) in [5.41, 5.74) is 12.0. The fraction of sp³-hybridized carbons (Fsp3) is 0.476. The van der Waals surface area contributed by atoms with Gasteiger partial charge in [0.2, 0.25) is 23.6 Å². The number of benzene rings is 1. The summed E-state index contributed by atoms with van der Waals surface area (Å²) in [7, 11) is 0. The lowest BCUT2D eigenvalue weighted by atomic mass is 10.0. The van der Waals surface area contributed by atoms with Crippen LogP contribution in [0.1, 0.15) is 25.8 Å². The SMILES string of the molecule is CC(C)C(NC(=O)C(CC(N)=O)NC(=O)C(N)Cc1ccccc1)C(=O)NC(CS)C(=O)O. The van der Waals surface area contributed by atoms with Gasteiger partial charge in [-0.2, -0.15) is 12.6 Å². The zero-order chi connectivity index (χ0) is 25.1. The van der Waals surface area contributed by atoms with Crippen LogP contribution in [0.25, 0.3) is 0 Å². The molecule has 0 aliphatic carbocycles. The molecule has 1 aromatic carbocycles. The number of amides is 4. The van der Waals surface area contributed by atoms with Gasteiger partial charge in [-0.15, -0.1) is 0 Å². The highest BCUT2D eigenvalue weighted by Crippen LogP contribution is 2.06. The minimum Gasteiger partial charge on any atom is -0.480 e. The van der Waals surface area contributed by atoms with Crippen molar-refractivity contribution in [2.75, 3.05) is 5.75 Å². The van der Waals surface area contributed by atoms with Crippen molar-refractivity contribution in [3.05, 3.63) is 35.9 Å². The number of carboxylic acids is 1. The van der Waals surface area contributed by atoms with E-state index in [1.165, 1.54) is 0 Å². The quantitative estimate of drug-likeness (QED) is 0.168. The number of carbonyl (C=O) groups is 5. The van der Waals surface area contributed by atoms with Gasteiger partial charge >= 0.3 is 5.97 Å². The molecule has 0 aromatic heterocycles. The monoisotopic (exact) mass is 481 g/mol. The van der Waals surface area contributed by atoms with Crippen LogP contribution in [0, 0.1) is 5.92 Å². The molecular formula is C21H31N5O6S. The second-order valence-electron chi connectivity index (χ2n) is 7.84. The van der Waals surface area contributed by atoms with E-state index in [1.807, 2.05) is 6.07 Å². The van der Waals surface area contributed by atoms with E-state index in [-0.39, 0.29) is 12.2 Å². The molecule has 12 heteroatoms. The second kappa shape index (κ2) is 13.4. The Labute approximate surface area is 197 Å². The van der Waals surface area contributed by atoms with Gasteiger partial charge < -0.3 is 32.5 Å². The first kappa shape index (κ1) is 27.9. The number of nitrogens with two attached hydrogens (primary N) is 2. The highest BCUT2D eigenvalue weighted by Gasteiger charge is 2.32. The number of aliphatic carboxylic acids is 1. The van der Waals surface area contributed by atoms with Crippen molar-refractivity contribution in [3.8, 4) is 0 Å². The van der Waals surface area contributed by atoms with Crippen molar-refractivity contribution >= 4 is 42.2 Å². The molecule has 4 amide bonds. The van der Waals surface area contributed by atoms with Gasteiger partial charge in [0.1, 0.15) is 18.1 Å². The van der Waals surface area contributed by atoms with Crippen LogP contribution in [0.4, 0.5) is 0 Å². The Morgan fingerprint density at radius 1 is 0.939 bits per heavy atom. The fourth-order valence-corrected chi connectivity index (χ4v) is 3.13. The third-order valence-electron chi connectivity index (χ3n) is 4.72. The van der Waals surface area contributed by atoms with E-state index >= 15 is 0 Å². The van der Waals surface area contributed by atoms with Gasteiger partial charge in [0.25, 0.3) is 0 Å². The first-order valence-electron chi connectivity index (χ1n) is 10.3. The van der Waals surface area contributed by atoms with Gasteiger partial charge in [-0.3, -0.25) is 19.2 Å². The number of carbonyl (C=O) groups excluding carboxylic acids is 4. The molecule has 1 rings (SSSR count). The Morgan fingerprint density at radius 2 is 1.52 bits per heavy atom. The maximum atomic E-state index is 12.8. The molecule has 0 fully saturated rings. The second-order valence-corrected chi connectivity index (χ2v) is 8.21. The Hall–Kier alpha value is -3.12. The summed E-state index contributed by atoms with van der Waals surface area (Å²) >= 11 is 3.89. The molecule has 4 unspecified atom stereocenters. The van der Waals surface area contributed by atoms with Gasteiger partial charge in [0.05, 0.1) is 12.5 Å². The molecule has 0 radical (unpaired) electrons. The van der Waals surface area contributed by atoms with Crippen LogP contribution in [0.3, 0.4) is 0 Å². The number of carboxylic acid groups (broad SMARTS) is 1. The smallest absolute Gasteiger partial charge is 0.327 e. The van der Waals surface area contributed by atoms with Crippen LogP contribution in [0.2, 0.25) is 0 Å². The summed E-state index contributed by atoms with van der Waals surface area (Å²) in [6.45, 7) is 3.27. The van der Waals surface area contributed by atoms with Crippen LogP contribution in [0.15, 0.2) is 30.3 Å². The zero-order valence-corrected chi connectivity index (χ0v) is 19.4. The lowest BCUT2D eigenvalue weighted by molar-refractivity contribution is -0.142. The maximum Gasteiger partial charge on any atom is 0.327 e. The fourth-order valence-electron chi connectivity index (χ4n) is 2.89. The molecule has 0 spiro atoms. The molecule has 8 N–H and O–H groups in total. The Balaban J connectivity index is 2.90. The number of hydrogen-bond acceptors (Lipinski definition) is 7. The van der Waals surface area contributed by atoms with Gasteiger partial charge in [-0.25, -0.2) is 4.79 Å². The summed E-state index contributed by atoms with van der Waals surface area (Å²) in [5, 5.41) is 16.3. The van der Waals surface area contributed by atoms with E-state index < -0.39 is 66.1 Å². The van der Waals surface area contributed by atoms with Crippen molar-refractivity contribution in [1.82, 2.24) is 16.0 Å². The average Bonchev–Trinajstić information content (AvgIpc) is 2.74. The van der Waals surface area contributed by atoms with Crippen molar-refractivity contribution in [2.24, 2.45) is 17.4 Å². The number of rotatable bonds is 13. The third-order valence-corrected chi connectivity index (χ3v) is 5.08. The van der Waals surface area contributed by atoms with Crippen LogP contribution < -0.4 is 27.4 Å².